The Bertz CT molecular complexity index is 385. The van der Waals surface area contributed by atoms with Crippen LogP contribution in [-0.4, -0.2) is 15.8 Å². The molecule has 0 N–H and O–H groups in total. The summed E-state index contributed by atoms with van der Waals surface area (Å²) in [5.41, 5.74) is 0. The molecule has 17 heavy (non-hydrogen) atoms. The van der Waals surface area contributed by atoms with Gasteiger partial charge >= 0.3 is 0 Å². The summed E-state index contributed by atoms with van der Waals surface area (Å²) in [6, 6.07) is -0.309. The number of aldehydes is 1. The topological polar surface area (TPSA) is 64.3 Å². The Balaban J connectivity index is 2.50. The highest BCUT2D eigenvalue weighted by molar-refractivity contribution is 5.56. The first kappa shape index (κ1) is 13.3. The van der Waals surface area contributed by atoms with Gasteiger partial charge in [-0.25, -0.2) is 4.98 Å². The smallest absolute Gasteiger partial charge is 0.214 e. The molecule has 5 nitrogen and oxygen atoms in total. The van der Waals surface area contributed by atoms with E-state index in [1.54, 1.807) is 4.57 Å². The largest absolute Gasteiger partial charge is 0.325 e. The lowest BCUT2D eigenvalue weighted by Crippen LogP contribution is -2.06. The second-order valence-electron chi connectivity index (χ2n) is 3.82. The molecule has 0 aliphatic carbocycles. The first-order valence-electron chi connectivity index (χ1n) is 5.79. The fourth-order valence-corrected chi connectivity index (χ4v) is 1.48. The first-order valence-corrected chi connectivity index (χ1v) is 5.79. The van der Waals surface area contributed by atoms with Crippen molar-refractivity contribution in [1.29, 1.82) is 0 Å². The van der Waals surface area contributed by atoms with Crippen molar-refractivity contribution >= 4 is 12.1 Å². The van der Waals surface area contributed by atoms with Crippen LogP contribution in [0.15, 0.2) is 29.9 Å². The summed E-state index contributed by atoms with van der Waals surface area (Å²) < 4.78 is 1.61. The standard InChI is InChI=1S/C12H17N3O2/c1-2-3-4-5-6-7-11(9-16)15-8-12(14-17)13-10-15/h5-6,8-11H,2-4,7H2,1H3/b6-5-. The van der Waals surface area contributed by atoms with Gasteiger partial charge in [0.15, 0.2) is 0 Å². The molecule has 1 rings (SSSR count). The van der Waals surface area contributed by atoms with Crippen LogP contribution >= 0.6 is 0 Å². The second kappa shape index (κ2) is 7.49. The van der Waals surface area contributed by atoms with Gasteiger partial charge in [0.05, 0.1) is 18.6 Å². The Morgan fingerprint density at radius 2 is 2.35 bits per heavy atom. The number of nitroso groups, excluding NO2 is 1. The van der Waals surface area contributed by atoms with Gasteiger partial charge in [-0.05, 0) is 18.0 Å². The average molecular weight is 235 g/mol. The van der Waals surface area contributed by atoms with Gasteiger partial charge in [-0.3, -0.25) is 0 Å². The highest BCUT2D eigenvalue weighted by atomic mass is 16.3. The number of unbranched alkanes of at least 4 members (excludes halogenated alkanes) is 2. The SMILES string of the molecule is CCCC/C=C\CC(C=O)n1cnc(N=O)c1. The van der Waals surface area contributed by atoms with Crippen LogP contribution in [0, 0.1) is 4.91 Å². The normalized spacial score (nSPS) is 12.8. The number of hydrogen-bond acceptors (Lipinski definition) is 4. The van der Waals surface area contributed by atoms with E-state index in [-0.39, 0.29) is 11.9 Å². The zero-order valence-corrected chi connectivity index (χ0v) is 9.95. The van der Waals surface area contributed by atoms with Gasteiger partial charge in [-0.15, -0.1) is 4.91 Å². The maximum Gasteiger partial charge on any atom is 0.214 e. The van der Waals surface area contributed by atoms with E-state index < -0.39 is 0 Å². The summed E-state index contributed by atoms with van der Waals surface area (Å²) in [6.07, 6.45) is 11.8. The Hall–Kier alpha value is -1.78. The fourth-order valence-electron chi connectivity index (χ4n) is 1.48. The predicted octanol–water partition coefficient (Wildman–Crippen LogP) is 3.16. The third-order valence-electron chi connectivity index (χ3n) is 2.49. The van der Waals surface area contributed by atoms with E-state index in [1.165, 1.54) is 12.5 Å². The molecular formula is C12H17N3O2. The summed E-state index contributed by atoms with van der Waals surface area (Å²) in [6.45, 7) is 2.14. The van der Waals surface area contributed by atoms with E-state index in [4.69, 9.17) is 0 Å². The number of hydrogen-bond donors (Lipinski definition) is 0. The molecule has 92 valence electrons. The van der Waals surface area contributed by atoms with Crippen LogP contribution in [0.2, 0.25) is 0 Å². The Morgan fingerprint density at radius 3 is 2.94 bits per heavy atom. The average Bonchev–Trinajstić information content (AvgIpc) is 2.82. The lowest BCUT2D eigenvalue weighted by atomic mass is 10.2. The van der Waals surface area contributed by atoms with E-state index in [0.717, 1.165) is 25.5 Å². The minimum Gasteiger partial charge on any atom is -0.325 e. The van der Waals surface area contributed by atoms with Crippen LogP contribution in [-0.2, 0) is 4.79 Å². The molecule has 0 fully saturated rings. The van der Waals surface area contributed by atoms with Gasteiger partial charge in [0, 0.05) is 0 Å². The highest BCUT2D eigenvalue weighted by Gasteiger charge is 2.08. The van der Waals surface area contributed by atoms with Gasteiger partial charge in [0.1, 0.15) is 6.29 Å². The molecule has 0 aromatic carbocycles. The Morgan fingerprint density at radius 1 is 1.53 bits per heavy atom. The van der Waals surface area contributed by atoms with Crippen LogP contribution < -0.4 is 0 Å². The maximum absolute atomic E-state index is 10.9. The molecule has 1 atom stereocenters. The molecule has 1 aromatic heterocycles. The van der Waals surface area contributed by atoms with Crippen molar-refractivity contribution in [2.24, 2.45) is 5.18 Å². The Kier molecular flexibility index (Phi) is 5.85. The molecule has 1 unspecified atom stereocenters. The molecule has 1 aromatic rings. The highest BCUT2D eigenvalue weighted by Crippen LogP contribution is 2.14. The summed E-state index contributed by atoms with van der Waals surface area (Å²) in [5.74, 6) is 0.104. The lowest BCUT2D eigenvalue weighted by Gasteiger charge is -2.07. The van der Waals surface area contributed by atoms with Crippen LogP contribution in [0.3, 0.4) is 0 Å². The minimum absolute atomic E-state index is 0.104. The van der Waals surface area contributed by atoms with Crippen LogP contribution in [0.4, 0.5) is 5.82 Å². The van der Waals surface area contributed by atoms with Crippen molar-refractivity contribution in [2.75, 3.05) is 0 Å². The van der Waals surface area contributed by atoms with Crippen LogP contribution in [0.25, 0.3) is 0 Å². The van der Waals surface area contributed by atoms with Gasteiger partial charge in [-0.1, -0.05) is 31.9 Å². The van der Waals surface area contributed by atoms with Crippen molar-refractivity contribution in [2.45, 2.75) is 38.6 Å². The number of rotatable bonds is 8. The lowest BCUT2D eigenvalue weighted by molar-refractivity contribution is -0.110. The number of carbonyl (C=O) groups is 1. The molecular weight excluding hydrogens is 218 g/mol. The maximum atomic E-state index is 10.9. The molecule has 0 aliphatic rings. The molecule has 0 amide bonds. The quantitative estimate of drug-likeness (QED) is 0.301. The molecule has 0 radical (unpaired) electrons. The Labute approximate surface area is 101 Å². The van der Waals surface area contributed by atoms with Gasteiger partial charge < -0.3 is 9.36 Å². The van der Waals surface area contributed by atoms with E-state index in [9.17, 15) is 9.70 Å². The first-order chi connectivity index (χ1) is 8.31. The van der Waals surface area contributed by atoms with Crippen LogP contribution in [0.1, 0.15) is 38.6 Å². The van der Waals surface area contributed by atoms with Crippen molar-refractivity contribution < 1.29 is 4.79 Å². The van der Waals surface area contributed by atoms with Crippen molar-refractivity contribution in [3.63, 3.8) is 0 Å². The summed E-state index contributed by atoms with van der Waals surface area (Å²) in [5, 5.41) is 2.71. The molecule has 1 heterocycles. The third-order valence-corrected chi connectivity index (χ3v) is 2.49. The molecule has 0 saturated heterocycles. The van der Waals surface area contributed by atoms with Crippen molar-refractivity contribution in [3.05, 3.63) is 29.6 Å². The molecule has 0 bridgehead atoms. The molecule has 0 saturated carbocycles. The van der Waals surface area contributed by atoms with E-state index in [2.05, 4.69) is 23.2 Å². The number of allylic oxidation sites excluding steroid dienone is 2. The fraction of sp³-hybridized carbons (Fsp3) is 0.500. The summed E-state index contributed by atoms with van der Waals surface area (Å²) in [7, 11) is 0. The molecule has 5 heteroatoms. The molecule has 0 spiro atoms. The number of imidazole rings is 1. The predicted molar refractivity (Wildman–Crippen MR) is 66.1 cm³/mol. The van der Waals surface area contributed by atoms with Crippen molar-refractivity contribution in [1.82, 2.24) is 9.55 Å². The summed E-state index contributed by atoms with van der Waals surface area (Å²) >= 11 is 0. The van der Waals surface area contributed by atoms with Crippen molar-refractivity contribution in [3.8, 4) is 0 Å². The van der Waals surface area contributed by atoms with Gasteiger partial charge in [0.25, 0.3) is 0 Å². The zero-order valence-electron chi connectivity index (χ0n) is 9.95. The van der Waals surface area contributed by atoms with E-state index in [1.807, 2.05) is 6.08 Å². The minimum atomic E-state index is -0.309. The number of nitrogens with zero attached hydrogens (tertiary/aromatic N) is 3. The zero-order chi connectivity index (χ0) is 12.5. The summed E-state index contributed by atoms with van der Waals surface area (Å²) in [4.78, 5) is 24.9. The van der Waals surface area contributed by atoms with Crippen LogP contribution in [0.5, 0.6) is 0 Å². The van der Waals surface area contributed by atoms with Gasteiger partial charge in [-0.2, -0.15) is 0 Å². The van der Waals surface area contributed by atoms with E-state index >= 15 is 0 Å². The second-order valence-corrected chi connectivity index (χ2v) is 3.82. The van der Waals surface area contributed by atoms with Gasteiger partial charge in [0.2, 0.25) is 5.82 Å². The monoisotopic (exact) mass is 235 g/mol. The third kappa shape index (κ3) is 4.30. The number of aromatic nitrogens is 2. The van der Waals surface area contributed by atoms with E-state index in [0.29, 0.717) is 6.42 Å². The molecule has 0 aliphatic heterocycles. The number of carbonyl (C=O) groups excluding carboxylic acids is 1.